The number of hydrogen-bond donors (Lipinski definition) is 2. The van der Waals surface area contributed by atoms with E-state index in [2.05, 4.69) is 26.6 Å². The maximum absolute atomic E-state index is 5.14. The molecule has 0 saturated heterocycles. The molecule has 2 N–H and O–H groups in total. The first-order chi connectivity index (χ1) is 7.27. The average Bonchev–Trinajstić information content (AvgIpc) is 2.65. The fourth-order valence-corrected chi connectivity index (χ4v) is 1.10. The van der Waals surface area contributed by atoms with Crippen molar-refractivity contribution in [2.45, 2.75) is 6.54 Å². The van der Waals surface area contributed by atoms with Crippen LogP contribution in [0.5, 0.6) is 0 Å². The highest BCUT2D eigenvalue weighted by molar-refractivity contribution is 5.79. The molecular weight excluding hydrogens is 190 g/mol. The first-order valence-electron chi connectivity index (χ1n) is 4.62. The predicted molar refractivity (Wildman–Crippen MR) is 60.2 cm³/mol. The Hall–Kier alpha value is -1.96. The van der Waals surface area contributed by atoms with Crippen molar-refractivity contribution in [3.63, 3.8) is 0 Å². The topological polar surface area (TPSA) is 54.2 Å². The summed E-state index contributed by atoms with van der Waals surface area (Å²) in [6, 6.07) is 1.95. The SMILES string of the molecule is C#CCNC(=NC)NCc1ccnn1C. The van der Waals surface area contributed by atoms with Crippen molar-refractivity contribution in [3.05, 3.63) is 18.0 Å². The van der Waals surface area contributed by atoms with Crippen molar-refractivity contribution in [3.8, 4) is 12.3 Å². The van der Waals surface area contributed by atoms with Gasteiger partial charge >= 0.3 is 0 Å². The second-order valence-electron chi connectivity index (χ2n) is 2.93. The number of aliphatic imine (C=N–C) groups is 1. The zero-order valence-electron chi connectivity index (χ0n) is 8.99. The predicted octanol–water partition coefficient (Wildman–Crippen LogP) is -0.282. The van der Waals surface area contributed by atoms with Crippen LogP contribution < -0.4 is 10.6 Å². The van der Waals surface area contributed by atoms with Gasteiger partial charge in [-0.05, 0) is 6.07 Å². The van der Waals surface area contributed by atoms with Crippen molar-refractivity contribution >= 4 is 5.96 Å². The van der Waals surface area contributed by atoms with E-state index in [9.17, 15) is 0 Å². The van der Waals surface area contributed by atoms with Crippen molar-refractivity contribution in [2.75, 3.05) is 13.6 Å². The largest absolute Gasteiger partial charge is 0.351 e. The molecule has 1 rings (SSSR count). The van der Waals surface area contributed by atoms with Crippen LogP contribution in [0, 0.1) is 12.3 Å². The fourth-order valence-electron chi connectivity index (χ4n) is 1.10. The highest BCUT2D eigenvalue weighted by Crippen LogP contribution is 1.94. The van der Waals surface area contributed by atoms with Crippen LogP contribution in [-0.2, 0) is 13.6 Å². The Morgan fingerprint density at radius 2 is 2.47 bits per heavy atom. The molecule has 0 aliphatic rings. The Morgan fingerprint density at radius 1 is 1.67 bits per heavy atom. The molecule has 0 bridgehead atoms. The fraction of sp³-hybridized carbons (Fsp3) is 0.400. The lowest BCUT2D eigenvalue weighted by molar-refractivity contribution is 0.687. The van der Waals surface area contributed by atoms with Crippen molar-refractivity contribution in [1.29, 1.82) is 0 Å². The number of rotatable bonds is 3. The van der Waals surface area contributed by atoms with Crippen LogP contribution in [0.3, 0.4) is 0 Å². The average molecular weight is 205 g/mol. The molecule has 15 heavy (non-hydrogen) atoms. The van der Waals surface area contributed by atoms with E-state index in [1.807, 2.05) is 17.8 Å². The molecule has 0 radical (unpaired) electrons. The summed E-state index contributed by atoms with van der Waals surface area (Å²) in [5, 5.41) is 10.2. The number of hydrogen-bond acceptors (Lipinski definition) is 2. The molecule has 0 amide bonds. The van der Waals surface area contributed by atoms with Gasteiger partial charge in [-0.15, -0.1) is 6.42 Å². The number of terminal acetylenes is 1. The molecule has 5 heteroatoms. The Kier molecular flexibility index (Phi) is 4.23. The molecule has 1 aromatic rings. The number of aryl methyl sites for hydroxylation is 1. The van der Waals surface area contributed by atoms with Crippen LogP contribution in [0.25, 0.3) is 0 Å². The lowest BCUT2D eigenvalue weighted by atomic mass is 10.4. The van der Waals surface area contributed by atoms with E-state index in [-0.39, 0.29) is 0 Å². The third kappa shape index (κ3) is 3.35. The van der Waals surface area contributed by atoms with Crippen LogP contribution in [-0.4, -0.2) is 29.3 Å². The van der Waals surface area contributed by atoms with E-state index in [0.717, 1.165) is 5.69 Å². The van der Waals surface area contributed by atoms with Gasteiger partial charge in [0.15, 0.2) is 5.96 Å². The molecule has 0 unspecified atom stereocenters. The zero-order valence-corrected chi connectivity index (χ0v) is 8.99. The highest BCUT2D eigenvalue weighted by atomic mass is 15.3. The molecule has 0 fully saturated rings. The molecular formula is C10H15N5. The van der Waals surface area contributed by atoms with E-state index >= 15 is 0 Å². The van der Waals surface area contributed by atoms with Crippen LogP contribution >= 0.6 is 0 Å². The normalized spacial score (nSPS) is 10.9. The second kappa shape index (κ2) is 5.70. The molecule has 0 aliphatic carbocycles. The highest BCUT2D eigenvalue weighted by Gasteiger charge is 1.99. The van der Waals surface area contributed by atoms with Crippen LogP contribution in [0.15, 0.2) is 17.3 Å². The number of nitrogens with zero attached hydrogens (tertiary/aromatic N) is 3. The van der Waals surface area contributed by atoms with Gasteiger partial charge in [-0.25, -0.2) is 0 Å². The molecule has 0 aliphatic heterocycles. The number of aromatic nitrogens is 2. The van der Waals surface area contributed by atoms with Gasteiger partial charge in [0.1, 0.15) is 0 Å². The van der Waals surface area contributed by atoms with Gasteiger partial charge in [0, 0.05) is 20.3 Å². The molecule has 0 spiro atoms. The molecule has 5 nitrogen and oxygen atoms in total. The molecule has 0 saturated carbocycles. The summed E-state index contributed by atoms with van der Waals surface area (Å²) in [5.74, 6) is 3.18. The Labute approximate surface area is 89.6 Å². The summed E-state index contributed by atoms with van der Waals surface area (Å²) in [6.07, 6.45) is 6.90. The lowest BCUT2D eigenvalue weighted by Gasteiger charge is -2.09. The van der Waals surface area contributed by atoms with E-state index in [4.69, 9.17) is 6.42 Å². The molecule has 1 heterocycles. The molecule has 0 aromatic carbocycles. The van der Waals surface area contributed by atoms with Gasteiger partial charge in [-0.2, -0.15) is 5.10 Å². The van der Waals surface area contributed by atoms with Crippen molar-refractivity contribution in [2.24, 2.45) is 12.0 Å². The van der Waals surface area contributed by atoms with E-state index < -0.39 is 0 Å². The van der Waals surface area contributed by atoms with E-state index in [1.54, 1.807) is 13.2 Å². The van der Waals surface area contributed by atoms with E-state index in [0.29, 0.717) is 19.0 Å². The Balaban J connectivity index is 2.42. The Bertz CT molecular complexity index is 371. The van der Waals surface area contributed by atoms with Crippen LogP contribution in [0.4, 0.5) is 0 Å². The minimum Gasteiger partial charge on any atom is -0.351 e. The van der Waals surface area contributed by atoms with Gasteiger partial charge in [0.05, 0.1) is 18.8 Å². The number of nitrogens with one attached hydrogen (secondary N) is 2. The standard InChI is InChI=1S/C10H15N5/c1-4-6-12-10(11-2)13-8-9-5-7-14-15(9)3/h1,5,7H,6,8H2,2-3H3,(H2,11,12,13). The van der Waals surface area contributed by atoms with Gasteiger partial charge in [0.25, 0.3) is 0 Å². The smallest absolute Gasteiger partial charge is 0.192 e. The maximum Gasteiger partial charge on any atom is 0.192 e. The quantitative estimate of drug-likeness (QED) is 0.405. The summed E-state index contributed by atoms with van der Waals surface area (Å²) in [4.78, 5) is 4.02. The molecule has 1 aromatic heterocycles. The van der Waals surface area contributed by atoms with Crippen LogP contribution in [0.2, 0.25) is 0 Å². The third-order valence-corrected chi connectivity index (χ3v) is 1.94. The molecule has 80 valence electrons. The second-order valence-corrected chi connectivity index (χ2v) is 2.93. The lowest BCUT2D eigenvalue weighted by Crippen LogP contribution is -2.37. The zero-order chi connectivity index (χ0) is 11.1. The van der Waals surface area contributed by atoms with Crippen molar-refractivity contribution in [1.82, 2.24) is 20.4 Å². The number of guanidine groups is 1. The summed E-state index contributed by atoms with van der Waals surface area (Å²) in [7, 11) is 3.60. The maximum atomic E-state index is 5.14. The summed E-state index contributed by atoms with van der Waals surface area (Å²) in [6.45, 7) is 1.13. The van der Waals surface area contributed by atoms with Gasteiger partial charge in [-0.1, -0.05) is 5.92 Å². The summed E-state index contributed by atoms with van der Waals surface area (Å²) >= 11 is 0. The minimum absolute atomic E-state index is 0.463. The minimum atomic E-state index is 0.463. The van der Waals surface area contributed by atoms with E-state index in [1.165, 1.54) is 0 Å². The van der Waals surface area contributed by atoms with Gasteiger partial charge in [-0.3, -0.25) is 9.67 Å². The van der Waals surface area contributed by atoms with Gasteiger partial charge in [0.2, 0.25) is 0 Å². The summed E-state index contributed by atoms with van der Waals surface area (Å²) < 4.78 is 1.81. The first-order valence-corrected chi connectivity index (χ1v) is 4.62. The summed E-state index contributed by atoms with van der Waals surface area (Å²) in [5.41, 5.74) is 1.08. The van der Waals surface area contributed by atoms with Crippen LogP contribution in [0.1, 0.15) is 5.69 Å². The van der Waals surface area contributed by atoms with Gasteiger partial charge < -0.3 is 10.6 Å². The molecule has 0 atom stereocenters. The van der Waals surface area contributed by atoms with Crippen molar-refractivity contribution < 1.29 is 0 Å². The monoisotopic (exact) mass is 205 g/mol. The third-order valence-electron chi connectivity index (χ3n) is 1.94. The first kappa shape index (κ1) is 11.1. The Morgan fingerprint density at radius 3 is 3.00 bits per heavy atom.